The molecule has 2 rings (SSSR count). The predicted molar refractivity (Wildman–Crippen MR) is 61.2 cm³/mol. The molecule has 0 aromatic rings. The van der Waals surface area contributed by atoms with E-state index in [0.29, 0.717) is 5.96 Å². The minimum atomic E-state index is 0.489. The van der Waals surface area contributed by atoms with Gasteiger partial charge in [0, 0.05) is 26.2 Å². The van der Waals surface area contributed by atoms with Crippen molar-refractivity contribution in [3.8, 4) is 0 Å². The number of hydrogen-bond donors (Lipinski definition) is 3. The van der Waals surface area contributed by atoms with Crippen LogP contribution in [0.2, 0.25) is 0 Å². The van der Waals surface area contributed by atoms with Gasteiger partial charge >= 0.3 is 0 Å². The summed E-state index contributed by atoms with van der Waals surface area (Å²) in [6.07, 6.45) is 4.78. The van der Waals surface area contributed by atoms with E-state index in [4.69, 9.17) is 5.41 Å². The van der Waals surface area contributed by atoms with Gasteiger partial charge in [-0.3, -0.25) is 15.7 Å². The van der Waals surface area contributed by atoms with Crippen LogP contribution in [0.3, 0.4) is 0 Å². The van der Waals surface area contributed by atoms with E-state index in [2.05, 4.69) is 20.5 Å². The first-order valence-electron chi connectivity index (χ1n) is 5.75. The summed E-state index contributed by atoms with van der Waals surface area (Å²) in [6, 6.07) is 0. The molecule has 0 amide bonds. The second kappa shape index (κ2) is 5.00. The zero-order valence-corrected chi connectivity index (χ0v) is 9.05. The third-order valence-corrected chi connectivity index (χ3v) is 2.81. The highest BCUT2D eigenvalue weighted by molar-refractivity contribution is 5.97. The van der Waals surface area contributed by atoms with E-state index in [1.165, 1.54) is 19.3 Å². The van der Waals surface area contributed by atoms with Crippen molar-refractivity contribution in [2.24, 2.45) is 4.99 Å². The van der Waals surface area contributed by atoms with Gasteiger partial charge < -0.3 is 10.2 Å². The van der Waals surface area contributed by atoms with Crippen LogP contribution in [0.25, 0.3) is 0 Å². The Balaban J connectivity index is 1.82. The van der Waals surface area contributed by atoms with Crippen LogP contribution in [0.15, 0.2) is 4.99 Å². The van der Waals surface area contributed by atoms with Crippen LogP contribution in [-0.2, 0) is 0 Å². The molecule has 1 fully saturated rings. The number of aliphatic imine (C=N–C) groups is 1. The summed E-state index contributed by atoms with van der Waals surface area (Å²) in [5.74, 6) is 1.25. The molecule has 0 bridgehead atoms. The molecule has 0 radical (unpaired) electrons. The molecule has 0 aliphatic carbocycles. The molecule has 1 saturated heterocycles. The SMILES string of the molecule is N=C(NC1=NCCCN1)N1CCCCC1. The molecule has 0 atom stereocenters. The number of nitrogens with one attached hydrogen (secondary N) is 3. The molecule has 15 heavy (non-hydrogen) atoms. The molecule has 0 saturated carbocycles. The summed E-state index contributed by atoms with van der Waals surface area (Å²) in [7, 11) is 0. The largest absolute Gasteiger partial charge is 0.356 e. The Morgan fingerprint density at radius 3 is 2.73 bits per heavy atom. The van der Waals surface area contributed by atoms with Gasteiger partial charge in [0.05, 0.1) is 0 Å². The zero-order valence-electron chi connectivity index (χ0n) is 9.05. The highest BCUT2D eigenvalue weighted by Gasteiger charge is 2.15. The Kier molecular flexibility index (Phi) is 3.42. The highest BCUT2D eigenvalue weighted by atomic mass is 15.3. The first kappa shape index (κ1) is 10.3. The average Bonchev–Trinajstić information content (AvgIpc) is 2.31. The molecule has 0 spiro atoms. The molecule has 84 valence electrons. The topological polar surface area (TPSA) is 63.5 Å². The Labute approximate surface area is 90.5 Å². The lowest BCUT2D eigenvalue weighted by molar-refractivity contribution is 0.334. The van der Waals surface area contributed by atoms with E-state index in [1.54, 1.807) is 0 Å². The van der Waals surface area contributed by atoms with Crippen molar-refractivity contribution in [2.75, 3.05) is 26.2 Å². The van der Waals surface area contributed by atoms with Crippen molar-refractivity contribution in [3.05, 3.63) is 0 Å². The first-order chi connectivity index (χ1) is 7.36. The third kappa shape index (κ3) is 2.84. The molecular formula is C10H19N5. The fraction of sp³-hybridized carbons (Fsp3) is 0.800. The summed E-state index contributed by atoms with van der Waals surface area (Å²) in [4.78, 5) is 6.38. The van der Waals surface area contributed by atoms with Crippen molar-refractivity contribution >= 4 is 11.9 Å². The number of nitrogens with zero attached hydrogens (tertiary/aromatic N) is 2. The van der Waals surface area contributed by atoms with Crippen molar-refractivity contribution < 1.29 is 0 Å². The molecule has 2 heterocycles. The Hall–Kier alpha value is -1.26. The molecule has 0 aromatic carbocycles. The van der Waals surface area contributed by atoms with Crippen molar-refractivity contribution in [1.29, 1.82) is 5.41 Å². The number of rotatable bonds is 0. The number of hydrogen-bond acceptors (Lipinski definition) is 3. The zero-order chi connectivity index (χ0) is 10.5. The lowest BCUT2D eigenvalue weighted by atomic mass is 10.1. The fourth-order valence-corrected chi connectivity index (χ4v) is 1.93. The number of likely N-dealkylation sites (tertiary alicyclic amines) is 1. The molecule has 3 N–H and O–H groups in total. The summed E-state index contributed by atoms with van der Waals surface area (Å²) in [6.45, 7) is 3.82. The summed E-state index contributed by atoms with van der Waals surface area (Å²) in [5.41, 5.74) is 0. The van der Waals surface area contributed by atoms with Crippen LogP contribution in [0.4, 0.5) is 0 Å². The smallest absolute Gasteiger partial charge is 0.198 e. The van der Waals surface area contributed by atoms with E-state index in [0.717, 1.165) is 38.6 Å². The lowest BCUT2D eigenvalue weighted by Crippen LogP contribution is -2.50. The fourth-order valence-electron chi connectivity index (χ4n) is 1.93. The van der Waals surface area contributed by atoms with Gasteiger partial charge in [-0.1, -0.05) is 0 Å². The third-order valence-electron chi connectivity index (χ3n) is 2.81. The van der Waals surface area contributed by atoms with Gasteiger partial charge in [-0.05, 0) is 25.7 Å². The molecule has 5 heteroatoms. The summed E-state index contributed by atoms with van der Waals surface area (Å²) in [5, 5.41) is 14.1. The average molecular weight is 209 g/mol. The second-order valence-electron chi connectivity index (χ2n) is 4.03. The standard InChI is InChI=1S/C10H19N5/c11-9(15-7-2-1-3-8-15)14-10-12-5-4-6-13-10/h1-8H2,(H3,11,12,13,14). The van der Waals surface area contributed by atoms with Gasteiger partial charge in [0.1, 0.15) is 0 Å². The van der Waals surface area contributed by atoms with Crippen LogP contribution >= 0.6 is 0 Å². The van der Waals surface area contributed by atoms with Crippen LogP contribution < -0.4 is 10.6 Å². The predicted octanol–water partition coefficient (Wildman–Crippen LogP) is 0.346. The number of piperidine rings is 1. The van der Waals surface area contributed by atoms with E-state index in [-0.39, 0.29) is 0 Å². The van der Waals surface area contributed by atoms with Crippen molar-refractivity contribution in [2.45, 2.75) is 25.7 Å². The van der Waals surface area contributed by atoms with E-state index in [1.807, 2.05) is 0 Å². The summed E-state index contributed by atoms with van der Waals surface area (Å²) < 4.78 is 0. The van der Waals surface area contributed by atoms with Gasteiger partial charge in [0.2, 0.25) is 0 Å². The lowest BCUT2D eigenvalue weighted by Gasteiger charge is -2.29. The van der Waals surface area contributed by atoms with Crippen LogP contribution in [0.1, 0.15) is 25.7 Å². The maximum atomic E-state index is 7.91. The Bertz CT molecular complexity index is 255. The minimum absolute atomic E-state index is 0.489. The van der Waals surface area contributed by atoms with Crippen LogP contribution in [-0.4, -0.2) is 43.0 Å². The second-order valence-corrected chi connectivity index (χ2v) is 4.03. The van der Waals surface area contributed by atoms with Crippen LogP contribution in [0, 0.1) is 5.41 Å². The van der Waals surface area contributed by atoms with E-state index in [9.17, 15) is 0 Å². The summed E-state index contributed by atoms with van der Waals surface area (Å²) >= 11 is 0. The van der Waals surface area contributed by atoms with Gasteiger partial charge in [0.15, 0.2) is 11.9 Å². The first-order valence-corrected chi connectivity index (χ1v) is 5.75. The van der Waals surface area contributed by atoms with Crippen molar-refractivity contribution in [3.63, 3.8) is 0 Å². The molecule has 0 aromatic heterocycles. The Morgan fingerprint density at radius 2 is 2.07 bits per heavy atom. The van der Waals surface area contributed by atoms with Crippen molar-refractivity contribution in [1.82, 2.24) is 15.5 Å². The van der Waals surface area contributed by atoms with E-state index < -0.39 is 0 Å². The molecule has 2 aliphatic rings. The van der Waals surface area contributed by atoms with Gasteiger partial charge in [0.25, 0.3) is 0 Å². The van der Waals surface area contributed by atoms with E-state index >= 15 is 0 Å². The molecule has 5 nitrogen and oxygen atoms in total. The molecular weight excluding hydrogens is 190 g/mol. The minimum Gasteiger partial charge on any atom is -0.356 e. The molecule has 0 unspecified atom stereocenters. The quantitative estimate of drug-likeness (QED) is 0.398. The Morgan fingerprint density at radius 1 is 1.27 bits per heavy atom. The molecule has 2 aliphatic heterocycles. The monoisotopic (exact) mass is 209 g/mol. The highest BCUT2D eigenvalue weighted by Crippen LogP contribution is 2.07. The maximum absolute atomic E-state index is 7.91. The normalized spacial score (nSPS) is 21.6. The van der Waals surface area contributed by atoms with Crippen LogP contribution in [0.5, 0.6) is 0 Å². The maximum Gasteiger partial charge on any atom is 0.198 e. The van der Waals surface area contributed by atoms with Gasteiger partial charge in [-0.15, -0.1) is 0 Å². The van der Waals surface area contributed by atoms with Gasteiger partial charge in [-0.2, -0.15) is 0 Å². The van der Waals surface area contributed by atoms with Gasteiger partial charge in [-0.25, -0.2) is 0 Å². The number of guanidine groups is 2.